The molecule has 0 spiro atoms. The van der Waals surface area contributed by atoms with Gasteiger partial charge in [-0.3, -0.25) is 9.78 Å². The molecule has 1 aromatic rings. The van der Waals surface area contributed by atoms with Crippen LogP contribution in [-0.4, -0.2) is 10.8 Å². The van der Waals surface area contributed by atoms with Crippen LogP contribution in [0.3, 0.4) is 0 Å². The molecule has 2 nitrogen and oxygen atoms in total. The Labute approximate surface area is 85.4 Å². The number of rotatable bonds is 0. The molecule has 0 unspecified atom stereocenters. The molecule has 0 aromatic carbocycles. The minimum atomic E-state index is 0.454. The molecular formula is C12H17NO. The van der Waals surface area contributed by atoms with E-state index in [0.717, 1.165) is 31.4 Å². The second-order valence-electron chi connectivity index (χ2n) is 3.72. The van der Waals surface area contributed by atoms with Gasteiger partial charge in [0.05, 0.1) is 0 Å². The molecule has 0 aliphatic heterocycles. The van der Waals surface area contributed by atoms with Gasteiger partial charge in [-0.25, -0.2) is 0 Å². The van der Waals surface area contributed by atoms with E-state index in [1.54, 1.807) is 0 Å². The number of ketones is 1. The Morgan fingerprint density at radius 3 is 2.14 bits per heavy atom. The Morgan fingerprint density at radius 1 is 1.21 bits per heavy atom. The average molecular weight is 191 g/mol. The lowest BCUT2D eigenvalue weighted by Crippen LogP contribution is -1.81. The Kier molecular flexibility index (Phi) is 4.30. The lowest BCUT2D eigenvalue weighted by atomic mass is 10.3. The van der Waals surface area contributed by atoms with Crippen molar-refractivity contribution in [3.05, 3.63) is 29.6 Å². The van der Waals surface area contributed by atoms with Gasteiger partial charge in [-0.05, 0) is 44.4 Å². The number of Topliss-reactive ketones (excluding diaryl/α,β-unsaturated/α-hetero) is 1. The average Bonchev–Trinajstić information content (AvgIpc) is 2.56. The minimum absolute atomic E-state index is 0.454. The van der Waals surface area contributed by atoms with Crippen molar-refractivity contribution < 1.29 is 4.79 Å². The Morgan fingerprint density at radius 2 is 1.86 bits per heavy atom. The first-order valence-corrected chi connectivity index (χ1v) is 5.09. The summed E-state index contributed by atoms with van der Waals surface area (Å²) in [5, 5.41) is 0. The topological polar surface area (TPSA) is 30.0 Å². The predicted molar refractivity (Wildman–Crippen MR) is 57.2 cm³/mol. The maximum absolute atomic E-state index is 10.2. The van der Waals surface area contributed by atoms with Crippen molar-refractivity contribution in [1.29, 1.82) is 0 Å². The summed E-state index contributed by atoms with van der Waals surface area (Å²) in [6, 6.07) is 4.05. The zero-order valence-electron chi connectivity index (χ0n) is 8.92. The van der Waals surface area contributed by atoms with Gasteiger partial charge in [0.2, 0.25) is 0 Å². The normalized spacial score (nSPS) is 14.9. The van der Waals surface area contributed by atoms with E-state index in [0.29, 0.717) is 5.78 Å². The van der Waals surface area contributed by atoms with Gasteiger partial charge >= 0.3 is 0 Å². The van der Waals surface area contributed by atoms with Crippen LogP contribution in [-0.2, 0) is 4.79 Å². The van der Waals surface area contributed by atoms with Crippen molar-refractivity contribution in [2.24, 2.45) is 0 Å². The van der Waals surface area contributed by atoms with Gasteiger partial charge in [-0.1, -0.05) is 0 Å². The third-order valence-electron chi connectivity index (χ3n) is 2.21. The van der Waals surface area contributed by atoms with Gasteiger partial charge in [-0.2, -0.15) is 0 Å². The van der Waals surface area contributed by atoms with E-state index in [1.807, 2.05) is 19.2 Å². The fourth-order valence-electron chi connectivity index (χ4n) is 1.46. The highest BCUT2D eigenvalue weighted by Gasteiger charge is 2.07. The monoisotopic (exact) mass is 191 g/mol. The van der Waals surface area contributed by atoms with E-state index in [4.69, 9.17) is 0 Å². The highest BCUT2D eigenvalue weighted by Crippen LogP contribution is 2.11. The first-order valence-electron chi connectivity index (χ1n) is 5.09. The number of hydrogen-bond donors (Lipinski definition) is 0. The van der Waals surface area contributed by atoms with Crippen LogP contribution in [0.25, 0.3) is 0 Å². The molecule has 1 heterocycles. The standard InChI is InChI=1S/C7H9N.C5H8O/c1-6-3-4-8-7(2)5-6;6-5-3-1-2-4-5/h3-5H,1-2H3;1-4H2. The molecule has 0 radical (unpaired) electrons. The molecule has 0 saturated heterocycles. The molecule has 14 heavy (non-hydrogen) atoms. The van der Waals surface area contributed by atoms with Crippen LogP contribution in [0.1, 0.15) is 36.9 Å². The number of carbonyl (C=O) groups excluding carboxylic acids is 1. The van der Waals surface area contributed by atoms with Gasteiger partial charge in [0, 0.05) is 24.7 Å². The van der Waals surface area contributed by atoms with Crippen molar-refractivity contribution in [2.75, 3.05) is 0 Å². The summed E-state index contributed by atoms with van der Waals surface area (Å²) < 4.78 is 0. The first kappa shape index (κ1) is 10.9. The Bertz CT molecular complexity index is 282. The number of hydrogen-bond acceptors (Lipinski definition) is 2. The number of aryl methyl sites for hydroxylation is 2. The summed E-state index contributed by atoms with van der Waals surface area (Å²) in [4.78, 5) is 14.3. The predicted octanol–water partition coefficient (Wildman–Crippen LogP) is 2.83. The summed E-state index contributed by atoms with van der Waals surface area (Å²) in [6.45, 7) is 4.06. The summed E-state index contributed by atoms with van der Waals surface area (Å²) in [7, 11) is 0. The van der Waals surface area contributed by atoms with E-state index in [9.17, 15) is 4.79 Å². The fourth-order valence-corrected chi connectivity index (χ4v) is 1.46. The quantitative estimate of drug-likeness (QED) is 0.631. The summed E-state index contributed by atoms with van der Waals surface area (Å²) >= 11 is 0. The number of pyridine rings is 1. The number of aromatic nitrogens is 1. The van der Waals surface area contributed by atoms with Crippen LogP contribution in [0, 0.1) is 13.8 Å². The largest absolute Gasteiger partial charge is 0.300 e. The first-order chi connectivity index (χ1) is 6.68. The molecule has 1 saturated carbocycles. The molecule has 0 amide bonds. The van der Waals surface area contributed by atoms with Gasteiger partial charge in [-0.15, -0.1) is 0 Å². The second-order valence-corrected chi connectivity index (χ2v) is 3.72. The zero-order valence-corrected chi connectivity index (χ0v) is 8.92. The molecule has 0 bridgehead atoms. The van der Waals surface area contributed by atoms with Crippen molar-refractivity contribution in [2.45, 2.75) is 39.5 Å². The smallest absolute Gasteiger partial charge is 0.132 e. The van der Waals surface area contributed by atoms with Crippen molar-refractivity contribution >= 4 is 5.78 Å². The molecule has 1 aliphatic carbocycles. The van der Waals surface area contributed by atoms with Gasteiger partial charge in [0.15, 0.2) is 0 Å². The molecule has 1 fully saturated rings. The lowest BCUT2D eigenvalue weighted by Gasteiger charge is -1.90. The van der Waals surface area contributed by atoms with Crippen LogP contribution >= 0.6 is 0 Å². The molecule has 2 rings (SSSR count). The van der Waals surface area contributed by atoms with E-state index in [1.165, 1.54) is 5.56 Å². The molecular weight excluding hydrogens is 174 g/mol. The maximum Gasteiger partial charge on any atom is 0.132 e. The van der Waals surface area contributed by atoms with Gasteiger partial charge in [0.25, 0.3) is 0 Å². The molecule has 0 N–H and O–H groups in total. The van der Waals surface area contributed by atoms with Crippen LogP contribution < -0.4 is 0 Å². The van der Waals surface area contributed by atoms with E-state index >= 15 is 0 Å². The van der Waals surface area contributed by atoms with E-state index < -0.39 is 0 Å². The molecule has 1 aliphatic rings. The highest BCUT2D eigenvalue weighted by atomic mass is 16.1. The minimum Gasteiger partial charge on any atom is -0.300 e. The summed E-state index contributed by atoms with van der Waals surface area (Å²) in [5.74, 6) is 0.454. The van der Waals surface area contributed by atoms with E-state index in [-0.39, 0.29) is 0 Å². The molecule has 1 aromatic heterocycles. The fraction of sp³-hybridized carbons (Fsp3) is 0.500. The van der Waals surface area contributed by atoms with Crippen LogP contribution in [0.15, 0.2) is 18.3 Å². The maximum atomic E-state index is 10.2. The summed E-state index contributed by atoms with van der Waals surface area (Å²) in [5.41, 5.74) is 2.36. The lowest BCUT2D eigenvalue weighted by molar-refractivity contribution is -0.117. The Hall–Kier alpha value is -1.18. The number of nitrogens with zero attached hydrogens (tertiary/aromatic N) is 1. The van der Waals surface area contributed by atoms with Crippen LogP contribution in [0.4, 0.5) is 0 Å². The molecule has 76 valence electrons. The van der Waals surface area contributed by atoms with Crippen LogP contribution in [0.5, 0.6) is 0 Å². The third-order valence-corrected chi connectivity index (χ3v) is 2.21. The Balaban J connectivity index is 0.000000146. The SMILES string of the molecule is Cc1ccnc(C)c1.O=C1CCCC1. The highest BCUT2D eigenvalue weighted by molar-refractivity contribution is 5.80. The zero-order chi connectivity index (χ0) is 10.4. The summed E-state index contributed by atoms with van der Waals surface area (Å²) in [6.07, 6.45) is 5.79. The van der Waals surface area contributed by atoms with E-state index in [2.05, 4.69) is 18.0 Å². The van der Waals surface area contributed by atoms with Crippen molar-refractivity contribution in [3.63, 3.8) is 0 Å². The van der Waals surface area contributed by atoms with Crippen LogP contribution in [0.2, 0.25) is 0 Å². The van der Waals surface area contributed by atoms with Crippen molar-refractivity contribution in [1.82, 2.24) is 4.98 Å². The molecule has 0 atom stereocenters. The molecule has 2 heteroatoms. The third kappa shape index (κ3) is 4.17. The second kappa shape index (κ2) is 5.53. The van der Waals surface area contributed by atoms with Crippen molar-refractivity contribution in [3.8, 4) is 0 Å². The van der Waals surface area contributed by atoms with Gasteiger partial charge in [0.1, 0.15) is 5.78 Å². The number of carbonyl (C=O) groups is 1. The van der Waals surface area contributed by atoms with Gasteiger partial charge < -0.3 is 0 Å².